The summed E-state index contributed by atoms with van der Waals surface area (Å²) in [6.07, 6.45) is 7.40. The summed E-state index contributed by atoms with van der Waals surface area (Å²) in [6, 6.07) is 17.3. The molecule has 0 bridgehead atoms. The molecule has 0 spiro atoms. The Balaban J connectivity index is 1.47. The molecule has 2 N–H and O–H groups in total. The van der Waals surface area contributed by atoms with Crippen molar-refractivity contribution < 1.29 is 19.4 Å². The van der Waals surface area contributed by atoms with Gasteiger partial charge < -0.3 is 20.1 Å². The number of carboxylic acid groups (broad SMARTS) is 1. The Hall–Kier alpha value is -4.04. The van der Waals surface area contributed by atoms with E-state index in [4.69, 9.17) is 14.7 Å². The summed E-state index contributed by atoms with van der Waals surface area (Å²) >= 11 is 0. The summed E-state index contributed by atoms with van der Waals surface area (Å²) in [7, 11) is 3.76. The van der Waals surface area contributed by atoms with Crippen LogP contribution in [0.2, 0.25) is 0 Å². The van der Waals surface area contributed by atoms with E-state index in [-0.39, 0.29) is 12.3 Å². The molecule has 2 heterocycles. The van der Waals surface area contributed by atoms with Crippen molar-refractivity contribution in [1.29, 1.82) is 0 Å². The van der Waals surface area contributed by atoms with Crippen molar-refractivity contribution in [3.63, 3.8) is 0 Å². The van der Waals surface area contributed by atoms with E-state index in [1.165, 1.54) is 6.08 Å². The van der Waals surface area contributed by atoms with Crippen LogP contribution in [-0.4, -0.2) is 54.3 Å². The standard InChI is InChI=1S/C31H36N4O4/c1-35(2)31-26(21-30(37)38)27(14-10-23-16-18-39-19-17-23)33-28(34-31)20-24-8-12-25(13-9-24)32-29(36)15-11-22-6-4-3-5-7-22/h3-9,11-13,15,23H,10,14,16-21H2,1-2H3,(H,32,36)(H,37,38). The molecule has 0 atom stereocenters. The third kappa shape index (κ3) is 8.48. The van der Waals surface area contributed by atoms with Crippen molar-refractivity contribution in [1.82, 2.24) is 9.97 Å². The van der Waals surface area contributed by atoms with E-state index >= 15 is 0 Å². The van der Waals surface area contributed by atoms with Gasteiger partial charge in [0.2, 0.25) is 5.91 Å². The first kappa shape index (κ1) is 28.0. The Morgan fingerprint density at radius 1 is 1.05 bits per heavy atom. The lowest BCUT2D eigenvalue weighted by atomic mass is 9.92. The first-order valence-corrected chi connectivity index (χ1v) is 13.4. The third-order valence-corrected chi connectivity index (χ3v) is 6.81. The zero-order valence-electron chi connectivity index (χ0n) is 22.6. The van der Waals surface area contributed by atoms with Gasteiger partial charge in [0.25, 0.3) is 0 Å². The second-order valence-electron chi connectivity index (χ2n) is 10.1. The van der Waals surface area contributed by atoms with E-state index in [1.54, 1.807) is 6.08 Å². The van der Waals surface area contributed by atoms with E-state index in [1.807, 2.05) is 73.6 Å². The number of anilines is 2. The van der Waals surface area contributed by atoms with Crippen molar-refractivity contribution in [2.24, 2.45) is 5.92 Å². The van der Waals surface area contributed by atoms with Crippen molar-refractivity contribution in [2.75, 3.05) is 37.5 Å². The van der Waals surface area contributed by atoms with Crippen LogP contribution in [0.1, 0.15) is 47.5 Å². The summed E-state index contributed by atoms with van der Waals surface area (Å²) in [5, 5.41) is 12.5. The number of carboxylic acids is 1. The highest BCUT2D eigenvalue weighted by molar-refractivity contribution is 6.01. The van der Waals surface area contributed by atoms with Gasteiger partial charge in [-0.2, -0.15) is 0 Å². The maximum atomic E-state index is 12.3. The lowest BCUT2D eigenvalue weighted by molar-refractivity contribution is -0.136. The molecule has 3 aromatic rings. The van der Waals surface area contributed by atoms with Crippen LogP contribution in [0.3, 0.4) is 0 Å². The predicted molar refractivity (Wildman–Crippen MR) is 153 cm³/mol. The molecule has 4 rings (SSSR count). The second-order valence-corrected chi connectivity index (χ2v) is 10.1. The maximum absolute atomic E-state index is 12.3. The summed E-state index contributed by atoms with van der Waals surface area (Å²) in [5.41, 5.74) is 4.16. The SMILES string of the molecule is CN(C)c1nc(Cc2ccc(NC(=O)C=Cc3ccccc3)cc2)nc(CCC2CCOCC2)c1CC(=O)O. The van der Waals surface area contributed by atoms with Gasteiger partial charge in [0.05, 0.1) is 12.1 Å². The molecule has 0 aliphatic carbocycles. The topological polar surface area (TPSA) is 105 Å². The number of benzene rings is 2. The fourth-order valence-corrected chi connectivity index (χ4v) is 4.74. The fraction of sp³-hybridized carbons (Fsp3) is 0.355. The minimum atomic E-state index is -0.891. The molecular formula is C31H36N4O4. The Labute approximate surface area is 229 Å². The van der Waals surface area contributed by atoms with Gasteiger partial charge in [-0.05, 0) is 60.9 Å². The highest BCUT2D eigenvalue weighted by atomic mass is 16.5. The number of aliphatic carboxylic acids is 1. The van der Waals surface area contributed by atoms with Crippen LogP contribution in [0.5, 0.6) is 0 Å². The zero-order valence-corrected chi connectivity index (χ0v) is 22.6. The molecule has 8 nitrogen and oxygen atoms in total. The number of nitrogens with one attached hydrogen (secondary N) is 1. The Kier molecular flexibility index (Phi) is 9.80. The average Bonchev–Trinajstić information content (AvgIpc) is 2.93. The summed E-state index contributed by atoms with van der Waals surface area (Å²) in [4.78, 5) is 35.5. The quantitative estimate of drug-likeness (QED) is 0.346. The molecule has 8 heteroatoms. The minimum Gasteiger partial charge on any atom is -0.481 e. The van der Waals surface area contributed by atoms with Gasteiger partial charge in [0, 0.05) is 51.1 Å². The molecule has 1 aromatic heterocycles. The normalized spacial score (nSPS) is 13.9. The molecule has 1 fully saturated rings. The number of hydrogen-bond donors (Lipinski definition) is 2. The number of ether oxygens (including phenoxy) is 1. The van der Waals surface area contributed by atoms with Crippen molar-refractivity contribution in [3.8, 4) is 0 Å². The van der Waals surface area contributed by atoms with Crippen molar-refractivity contribution >= 4 is 29.5 Å². The van der Waals surface area contributed by atoms with Crippen LogP contribution in [0.15, 0.2) is 60.7 Å². The Morgan fingerprint density at radius 2 is 1.77 bits per heavy atom. The molecule has 204 valence electrons. The van der Waals surface area contributed by atoms with Crippen molar-refractivity contribution in [3.05, 3.63) is 88.9 Å². The van der Waals surface area contributed by atoms with Crippen LogP contribution in [0.4, 0.5) is 11.5 Å². The van der Waals surface area contributed by atoms with Gasteiger partial charge in [0.1, 0.15) is 11.6 Å². The number of aromatic nitrogens is 2. The number of nitrogens with zero attached hydrogens (tertiary/aromatic N) is 3. The highest BCUT2D eigenvalue weighted by Gasteiger charge is 2.21. The average molecular weight is 529 g/mol. The molecule has 0 unspecified atom stereocenters. The molecular weight excluding hydrogens is 492 g/mol. The lowest BCUT2D eigenvalue weighted by Gasteiger charge is -2.23. The minimum absolute atomic E-state index is 0.107. The summed E-state index contributed by atoms with van der Waals surface area (Å²) < 4.78 is 5.49. The van der Waals surface area contributed by atoms with Crippen LogP contribution >= 0.6 is 0 Å². The largest absolute Gasteiger partial charge is 0.481 e. The maximum Gasteiger partial charge on any atom is 0.308 e. The molecule has 1 saturated heterocycles. The fourth-order valence-electron chi connectivity index (χ4n) is 4.74. The van der Waals surface area contributed by atoms with Gasteiger partial charge >= 0.3 is 5.97 Å². The number of amides is 1. The van der Waals surface area contributed by atoms with Gasteiger partial charge in [-0.1, -0.05) is 42.5 Å². The van der Waals surface area contributed by atoms with E-state index in [0.717, 1.165) is 49.3 Å². The van der Waals surface area contributed by atoms with Gasteiger partial charge in [-0.15, -0.1) is 0 Å². The van der Waals surface area contributed by atoms with E-state index in [0.29, 0.717) is 41.7 Å². The van der Waals surface area contributed by atoms with Crippen LogP contribution in [0, 0.1) is 5.92 Å². The van der Waals surface area contributed by atoms with Gasteiger partial charge in [0.15, 0.2) is 0 Å². The smallest absolute Gasteiger partial charge is 0.308 e. The molecule has 1 amide bonds. The predicted octanol–water partition coefficient (Wildman–Crippen LogP) is 4.77. The first-order chi connectivity index (χ1) is 18.9. The second kappa shape index (κ2) is 13.7. The summed E-state index contributed by atoms with van der Waals surface area (Å²) in [5.74, 6) is 0.769. The Bertz CT molecular complexity index is 1280. The van der Waals surface area contributed by atoms with E-state index in [2.05, 4.69) is 5.32 Å². The van der Waals surface area contributed by atoms with E-state index in [9.17, 15) is 14.7 Å². The van der Waals surface area contributed by atoms with E-state index < -0.39 is 5.97 Å². The van der Waals surface area contributed by atoms with Crippen LogP contribution < -0.4 is 10.2 Å². The van der Waals surface area contributed by atoms with Gasteiger partial charge in [-0.25, -0.2) is 9.97 Å². The van der Waals surface area contributed by atoms with Gasteiger partial charge in [-0.3, -0.25) is 9.59 Å². The molecule has 1 aliphatic heterocycles. The van der Waals surface area contributed by atoms with Crippen LogP contribution in [-0.2, 0) is 33.6 Å². The van der Waals surface area contributed by atoms with Crippen molar-refractivity contribution in [2.45, 2.75) is 38.5 Å². The third-order valence-electron chi connectivity index (χ3n) is 6.81. The van der Waals surface area contributed by atoms with Crippen LogP contribution in [0.25, 0.3) is 6.08 Å². The molecule has 0 saturated carbocycles. The number of aryl methyl sites for hydroxylation is 1. The highest BCUT2D eigenvalue weighted by Crippen LogP contribution is 2.26. The summed E-state index contributed by atoms with van der Waals surface area (Å²) in [6.45, 7) is 1.56. The zero-order chi connectivity index (χ0) is 27.6. The first-order valence-electron chi connectivity index (χ1n) is 13.4. The number of hydrogen-bond acceptors (Lipinski definition) is 6. The molecule has 1 aliphatic rings. The number of carbonyl (C=O) groups is 2. The number of rotatable bonds is 11. The molecule has 39 heavy (non-hydrogen) atoms. The lowest BCUT2D eigenvalue weighted by Crippen LogP contribution is -2.21. The number of carbonyl (C=O) groups excluding carboxylic acids is 1. The molecule has 0 radical (unpaired) electrons. The Morgan fingerprint density at radius 3 is 2.44 bits per heavy atom. The molecule has 2 aromatic carbocycles. The monoisotopic (exact) mass is 528 g/mol.